The predicted octanol–water partition coefficient (Wildman–Crippen LogP) is 3.21. The molecular formula is C20H27N3O2S. The van der Waals surface area contributed by atoms with E-state index < -0.39 is 0 Å². The number of rotatable bonds is 7. The molecule has 0 spiro atoms. The molecule has 140 valence electrons. The van der Waals surface area contributed by atoms with Gasteiger partial charge in [0, 0.05) is 24.0 Å². The Hall–Kier alpha value is -1.92. The van der Waals surface area contributed by atoms with E-state index in [-0.39, 0.29) is 5.91 Å². The fourth-order valence-corrected chi connectivity index (χ4v) is 4.22. The second-order valence-corrected chi connectivity index (χ2v) is 7.54. The van der Waals surface area contributed by atoms with Crippen LogP contribution in [0.25, 0.3) is 10.6 Å². The van der Waals surface area contributed by atoms with Gasteiger partial charge >= 0.3 is 0 Å². The first kappa shape index (κ1) is 18.9. The first-order valence-corrected chi connectivity index (χ1v) is 10.2. The standard InChI is InChI=1S/C20H27N3O2S/c1-3-25-18-8-6-16(7-9-18)20-22-17(14-26-20)11-19(24)23-10-4-5-15(13-23)12-21-2/h6-9,14-15,21H,3-5,10-13H2,1-2H3. The monoisotopic (exact) mass is 373 g/mol. The van der Waals surface area contributed by atoms with Gasteiger partial charge in [0.1, 0.15) is 10.8 Å². The average Bonchev–Trinajstić information content (AvgIpc) is 3.11. The molecule has 1 aromatic carbocycles. The van der Waals surface area contributed by atoms with Gasteiger partial charge in [-0.15, -0.1) is 11.3 Å². The summed E-state index contributed by atoms with van der Waals surface area (Å²) in [6.45, 7) is 5.34. The number of amides is 1. The molecule has 26 heavy (non-hydrogen) atoms. The molecule has 6 heteroatoms. The number of ether oxygens (including phenoxy) is 1. The Morgan fingerprint density at radius 1 is 1.38 bits per heavy atom. The third-order valence-electron chi connectivity index (χ3n) is 4.66. The molecule has 1 unspecified atom stereocenters. The molecule has 0 saturated carbocycles. The molecule has 1 atom stereocenters. The smallest absolute Gasteiger partial charge is 0.228 e. The number of aromatic nitrogens is 1. The van der Waals surface area contributed by atoms with Gasteiger partial charge < -0.3 is 15.0 Å². The number of carbonyl (C=O) groups is 1. The molecule has 3 rings (SSSR count). The molecule has 0 aliphatic carbocycles. The molecule has 2 heterocycles. The SMILES string of the molecule is CCOc1ccc(-c2nc(CC(=O)N3CCCC(CNC)C3)cs2)cc1. The largest absolute Gasteiger partial charge is 0.494 e. The van der Waals surface area contributed by atoms with Gasteiger partial charge in [0.05, 0.1) is 18.7 Å². The Bertz CT molecular complexity index is 712. The minimum atomic E-state index is 0.189. The third kappa shape index (κ3) is 4.83. The van der Waals surface area contributed by atoms with E-state index >= 15 is 0 Å². The molecule has 1 amide bonds. The van der Waals surface area contributed by atoms with Crippen molar-refractivity contribution in [2.75, 3.05) is 33.3 Å². The van der Waals surface area contributed by atoms with Crippen LogP contribution >= 0.6 is 11.3 Å². The lowest BCUT2D eigenvalue weighted by Crippen LogP contribution is -2.43. The summed E-state index contributed by atoms with van der Waals surface area (Å²) in [6, 6.07) is 7.95. The van der Waals surface area contributed by atoms with Gasteiger partial charge in [-0.1, -0.05) is 0 Å². The Balaban J connectivity index is 1.60. The van der Waals surface area contributed by atoms with E-state index in [1.807, 2.05) is 48.5 Å². The van der Waals surface area contributed by atoms with E-state index in [9.17, 15) is 4.79 Å². The van der Waals surface area contributed by atoms with Crippen molar-refractivity contribution in [2.45, 2.75) is 26.2 Å². The van der Waals surface area contributed by atoms with Crippen LogP contribution in [0.3, 0.4) is 0 Å². The highest BCUT2D eigenvalue weighted by Crippen LogP contribution is 2.26. The normalized spacial score (nSPS) is 17.3. The molecule has 1 fully saturated rings. The third-order valence-corrected chi connectivity index (χ3v) is 5.60. The lowest BCUT2D eigenvalue weighted by Gasteiger charge is -2.32. The summed E-state index contributed by atoms with van der Waals surface area (Å²) in [5.41, 5.74) is 1.92. The van der Waals surface area contributed by atoms with Gasteiger partial charge in [-0.05, 0) is 63.5 Å². The van der Waals surface area contributed by atoms with Crippen LogP contribution in [-0.2, 0) is 11.2 Å². The summed E-state index contributed by atoms with van der Waals surface area (Å²) in [4.78, 5) is 19.3. The summed E-state index contributed by atoms with van der Waals surface area (Å²) in [5, 5.41) is 6.17. The number of carbonyl (C=O) groups excluding carboxylic acids is 1. The Kier molecular flexibility index (Phi) is 6.63. The molecular weight excluding hydrogens is 346 g/mol. The number of hydrogen-bond acceptors (Lipinski definition) is 5. The molecule has 0 radical (unpaired) electrons. The fourth-order valence-electron chi connectivity index (χ4n) is 3.39. The zero-order valence-corrected chi connectivity index (χ0v) is 16.3. The van der Waals surface area contributed by atoms with Crippen molar-refractivity contribution in [1.82, 2.24) is 15.2 Å². The zero-order valence-electron chi connectivity index (χ0n) is 15.5. The summed E-state index contributed by atoms with van der Waals surface area (Å²) in [5.74, 6) is 1.62. The quantitative estimate of drug-likeness (QED) is 0.810. The topological polar surface area (TPSA) is 54.5 Å². The maximum Gasteiger partial charge on any atom is 0.228 e. The van der Waals surface area contributed by atoms with Crippen molar-refractivity contribution >= 4 is 17.2 Å². The lowest BCUT2D eigenvalue weighted by atomic mass is 9.97. The summed E-state index contributed by atoms with van der Waals surface area (Å²) in [6.07, 6.45) is 2.68. The van der Waals surface area contributed by atoms with Crippen LogP contribution in [0.15, 0.2) is 29.6 Å². The molecule has 2 aromatic rings. The van der Waals surface area contributed by atoms with Crippen molar-refractivity contribution in [3.8, 4) is 16.3 Å². The number of hydrogen-bond donors (Lipinski definition) is 1. The van der Waals surface area contributed by atoms with Gasteiger partial charge in [0.25, 0.3) is 0 Å². The van der Waals surface area contributed by atoms with Gasteiger partial charge in [-0.2, -0.15) is 0 Å². The Morgan fingerprint density at radius 2 is 2.19 bits per heavy atom. The maximum atomic E-state index is 12.6. The van der Waals surface area contributed by atoms with E-state index in [4.69, 9.17) is 4.74 Å². The second-order valence-electron chi connectivity index (χ2n) is 6.68. The number of likely N-dealkylation sites (tertiary alicyclic amines) is 1. The highest BCUT2D eigenvalue weighted by molar-refractivity contribution is 7.13. The molecule has 1 aliphatic heterocycles. The van der Waals surface area contributed by atoms with E-state index in [0.29, 0.717) is 18.9 Å². The lowest BCUT2D eigenvalue weighted by molar-refractivity contribution is -0.132. The van der Waals surface area contributed by atoms with Crippen LogP contribution in [0.5, 0.6) is 5.75 Å². The van der Waals surface area contributed by atoms with E-state index in [2.05, 4.69) is 10.3 Å². The highest BCUT2D eigenvalue weighted by Gasteiger charge is 2.23. The van der Waals surface area contributed by atoms with Crippen molar-refractivity contribution in [3.05, 3.63) is 35.3 Å². The molecule has 1 saturated heterocycles. The van der Waals surface area contributed by atoms with Gasteiger partial charge in [-0.3, -0.25) is 4.79 Å². The van der Waals surface area contributed by atoms with Crippen LogP contribution in [0.1, 0.15) is 25.5 Å². The highest BCUT2D eigenvalue weighted by atomic mass is 32.1. The van der Waals surface area contributed by atoms with E-state index in [1.54, 1.807) is 11.3 Å². The summed E-state index contributed by atoms with van der Waals surface area (Å²) >= 11 is 1.59. The molecule has 1 aliphatic rings. The first-order chi connectivity index (χ1) is 12.7. The van der Waals surface area contributed by atoms with E-state index in [1.165, 1.54) is 6.42 Å². The Labute approximate surface area is 159 Å². The first-order valence-electron chi connectivity index (χ1n) is 9.29. The molecule has 1 N–H and O–H groups in total. The maximum absolute atomic E-state index is 12.6. The fraction of sp³-hybridized carbons (Fsp3) is 0.500. The number of nitrogens with one attached hydrogen (secondary N) is 1. The number of thiazole rings is 1. The predicted molar refractivity (Wildman–Crippen MR) is 106 cm³/mol. The van der Waals surface area contributed by atoms with Crippen molar-refractivity contribution < 1.29 is 9.53 Å². The number of nitrogens with zero attached hydrogens (tertiary/aromatic N) is 2. The molecule has 1 aromatic heterocycles. The van der Waals surface area contributed by atoms with Crippen molar-refractivity contribution in [1.29, 1.82) is 0 Å². The summed E-state index contributed by atoms with van der Waals surface area (Å²) < 4.78 is 5.48. The van der Waals surface area contributed by atoms with Gasteiger partial charge in [0.2, 0.25) is 5.91 Å². The van der Waals surface area contributed by atoms with Crippen LogP contribution in [0.4, 0.5) is 0 Å². The van der Waals surface area contributed by atoms with Crippen LogP contribution in [0, 0.1) is 5.92 Å². The minimum absolute atomic E-state index is 0.189. The average molecular weight is 374 g/mol. The van der Waals surface area contributed by atoms with Gasteiger partial charge in [-0.25, -0.2) is 4.98 Å². The van der Waals surface area contributed by atoms with E-state index in [0.717, 1.165) is 48.1 Å². The van der Waals surface area contributed by atoms with Gasteiger partial charge in [0.15, 0.2) is 0 Å². The zero-order chi connectivity index (χ0) is 18.4. The van der Waals surface area contributed by atoms with Crippen LogP contribution < -0.4 is 10.1 Å². The Morgan fingerprint density at radius 3 is 2.92 bits per heavy atom. The van der Waals surface area contributed by atoms with Crippen molar-refractivity contribution in [2.24, 2.45) is 5.92 Å². The van der Waals surface area contributed by atoms with Crippen LogP contribution in [0.2, 0.25) is 0 Å². The number of piperidine rings is 1. The minimum Gasteiger partial charge on any atom is -0.494 e. The molecule has 0 bridgehead atoms. The number of benzene rings is 1. The molecule has 5 nitrogen and oxygen atoms in total. The summed E-state index contributed by atoms with van der Waals surface area (Å²) in [7, 11) is 1.97. The van der Waals surface area contributed by atoms with Crippen LogP contribution in [-0.4, -0.2) is 49.1 Å². The second kappa shape index (κ2) is 9.14. The van der Waals surface area contributed by atoms with Crippen molar-refractivity contribution in [3.63, 3.8) is 0 Å².